The molecular formula is C16H25Cl2N3. The molecule has 1 heterocycles. The molecule has 0 amide bonds. The molecule has 1 fully saturated rings. The SMILES string of the molecule is CCNC(Cc1cccc(Cl)c1Cl)C1CN(C)CCN1C. The Morgan fingerprint density at radius 2 is 2.05 bits per heavy atom. The highest BCUT2D eigenvalue weighted by Gasteiger charge is 2.29. The van der Waals surface area contributed by atoms with Crippen molar-refractivity contribution in [3.8, 4) is 0 Å². The van der Waals surface area contributed by atoms with E-state index in [-0.39, 0.29) is 0 Å². The van der Waals surface area contributed by atoms with Crippen LogP contribution in [0.1, 0.15) is 12.5 Å². The topological polar surface area (TPSA) is 18.5 Å². The molecule has 0 radical (unpaired) electrons. The highest BCUT2D eigenvalue weighted by atomic mass is 35.5. The molecule has 3 nitrogen and oxygen atoms in total. The van der Waals surface area contributed by atoms with E-state index in [9.17, 15) is 0 Å². The molecule has 1 saturated heterocycles. The van der Waals surface area contributed by atoms with Gasteiger partial charge in [-0.3, -0.25) is 4.90 Å². The molecule has 5 heteroatoms. The Balaban J connectivity index is 2.16. The number of piperazine rings is 1. The summed E-state index contributed by atoms with van der Waals surface area (Å²) in [4.78, 5) is 4.85. The molecular weight excluding hydrogens is 305 g/mol. The number of hydrogen-bond acceptors (Lipinski definition) is 3. The minimum absolute atomic E-state index is 0.374. The normalized spacial score (nSPS) is 22.4. The van der Waals surface area contributed by atoms with Gasteiger partial charge in [0, 0.05) is 31.7 Å². The summed E-state index contributed by atoms with van der Waals surface area (Å²) in [5, 5.41) is 4.95. The van der Waals surface area contributed by atoms with Gasteiger partial charge in [0.05, 0.1) is 10.0 Å². The highest BCUT2D eigenvalue weighted by molar-refractivity contribution is 6.42. The molecule has 2 rings (SSSR count). The Bertz CT molecular complexity index is 467. The van der Waals surface area contributed by atoms with E-state index >= 15 is 0 Å². The summed E-state index contributed by atoms with van der Waals surface area (Å²) in [5.74, 6) is 0. The molecule has 1 aromatic carbocycles. The second-order valence-corrected chi connectivity index (χ2v) is 6.68. The minimum atomic E-state index is 0.374. The summed E-state index contributed by atoms with van der Waals surface area (Å²) >= 11 is 12.5. The zero-order valence-corrected chi connectivity index (χ0v) is 14.6. The number of rotatable bonds is 5. The van der Waals surface area contributed by atoms with Crippen LogP contribution in [0.4, 0.5) is 0 Å². The van der Waals surface area contributed by atoms with E-state index in [0.717, 1.165) is 38.2 Å². The van der Waals surface area contributed by atoms with E-state index < -0.39 is 0 Å². The fourth-order valence-corrected chi connectivity index (χ4v) is 3.43. The van der Waals surface area contributed by atoms with Gasteiger partial charge >= 0.3 is 0 Å². The quantitative estimate of drug-likeness (QED) is 0.896. The van der Waals surface area contributed by atoms with Crippen LogP contribution < -0.4 is 5.32 Å². The van der Waals surface area contributed by atoms with Crippen molar-refractivity contribution in [1.82, 2.24) is 15.1 Å². The molecule has 1 aromatic rings. The van der Waals surface area contributed by atoms with Crippen LogP contribution in [-0.4, -0.2) is 62.2 Å². The lowest BCUT2D eigenvalue weighted by Crippen LogP contribution is -2.59. The molecule has 0 aliphatic carbocycles. The maximum atomic E-state index is 6.36. The molecule has 0 bridgehead atoms. The van der Waals surface area contributed by atoms with E-state index in [1.807, 2.05) is 12.1 Å². The molecule has 2 atom stereocenters. The molecule has 1 aliphatic rings. The van der Waals surface area contributed by atoms with Gasteiger partial charge in [0.25, 0.3) is 0 Å². The first kappa shape index (κ1) is 17.0. The minimum Gasteiger partial charge on any atom is -0.312 e. The van der Waals surface area contributed by atoms with Crippen LogP contribution in [0.3, 0.4) is 0 Å². The van der Waals surface area contributed by atoms with Gasteiger partial charge in [0.1, 0.15) is 0 Å². The lowest BCUT2D eigenvalue weighted by Gasteiger charge is -2.42. The van der Waals surface area contributed by atoms with Crippen LogP contribution in [0, 0.1) is 0 Å². The Morgan fingerprint density at radius 1 is 1.29 bits per heavy atom. The van der Waals surface area contributed by atoms with Gasteiger partial charge in [0.2, 0.25) is 0 Å². The van der Waals surface area contributed by atoms with Gasteiger partial charge in [-0.15, -0.1) is 0 Å². The smallest absolute Gasteiger partial charge is 0.0624 e. The van der Waals surface area contributed by atoms with E-state index in [1.54, 1.807) is 0 Å². The van der Waals surface area contributed by atoms with E-state index in [2.05, 4.69) is 42.2 Å². The Hall–Kier alpha value is -0.320. The number of nitrogens with one attached hydrogen (secondary N) is 1. The zero-order valence-electron chi connectivity index (χ0n) is 13.1. The fourth-order valence-electron chi connectivity index (χ4n) is 3.03. The van der Waals surface area contributed by atoms with Gasteiger partial charge in [-0.05, 0) is 38.7 Å². The van der Waals surface area contributed by atoms with Crippen LogP contribution in [-0.2, 0) is 6.42 Å². The van der Waals surface area contributed by atoms with Crippen molar-refractivity contribution in [2.75, 3.05) is 40.3 Å². The molecule has 2 unspecified atom stereocenters. The summed E-state index contributed by atoms with van der Waals surface area (Å²) in [5.41, 5.74) is 1.12. The summed E-state index contributed by atoms with van der Waals surface area (Å²) in [6.07, 6.45) is 0.899. The Kier molecular flexibility index (Phi) is 6.33. The van der Waals surface area contributed by atoms with Gasteiger partial charge < -0.3 is 10.2 Å². The van der Waals surface area contributed by atoms with Crippen molar-refractivity contribution >= 4 is 23.2 Å². The molecule has 0 aromatic heterocycles. The first-order valence-electron chi connectivity index (χ1n) is 7.58. The average Bonchev–Trinajstić information content (AvgIpc) is 2.46. The van der Waals surface area contributed by atoms with Crippen LogP contribution in [0.15, 0.2) is 18.2 Å². The van der Waals surface area contributed by atoms with Crippen LogP contribution in [0.2, 0.25) is 10.0 Å². The monoisotopic (exact) mass is 329 g/mol. The predicted molar refractivity (Wildman–Crippen MR) is 91.5 cm³/mol. The molecule has 1 N–H and O–H groups in total. The van der Waals surface area contributed by atoms with E-state index in [4.69, 9.17) is 23.2 Å². The lowest BCUT2D eigenvalue weighted by atomic mass is 9.96. The number of likely N-dealkylation sites (N-methyl/N-ethyl adjacent to an activating group) is 3. The summed E-state index contributed by atoms with van der Waals surface area (Å²) in [6.45, 7) is 6.42. The van der Waals surface area contributed by atoms with Gasteiger partial charge in [-0.2, -0.15) is 0 Å². The van der Waals surface area contributed by atoms with Crippen molar-refractivity contribution in [3.63, 3.8) is 0 Å². The molecule has 118 valence electrons. The van der Waals surface area contributed by atoms with Crippen molar-refractivity contribution in [3.05, 3.63) is 33.8 Å². The zero-order chi connectivity index (χ0) is 15.4. The molecule has 21 heavy (non-hydrogen) atoms. The lowest BCUT2D eigenvalue weighted by molar-refractivity contribution is 0.0881. The van der Waals surface area contributed by atoms with Crippen molar-refractivity contribution in [2.24, 2.45) is 0 Å². The van der Waals surface area contributed by atoms with Crippen molar-refractivity contribution in [1.29, 1.82) is 0 Å². The first-order valence-corrected chi connectivity index (χ1v) is 8.33. The van der Waals surface area contributed by atoms with Crippen LogP contribution in [0.25, 0.3) is 0 Å². The second-order valence-electron chi connectivity index (χ2n) is 5.89. The Labute approximate surface area is 138 Å². The Morgan fingerprint density at radius 3 is 2.76 bits per heavy atom. The van der Waals surface area contributed by atoms with Crippen molar-refractivity contribution < 1.29 is 0 Å². The molecule has 0 saturated carbocycles. The largest absolute Gasteiger partial charge is 0.312 e. The number of benzene rings is 1. The highest BCUT2D eigenvalue weighted by Crippen LogP contribution is 2.27. The average molecular weight is 330 g/mol. The third kappa shape index (κ3) is 4.33. The number of hydrogen-bond donors (Lipinski definition) is 1. The molecule has 0 spiro atoms. The third-order valence-corrected chi connectivity index (χ3v) is 5.16. The number of nitrogens with zero attached hydrogens (tertiary/aromatic N) is 2. The fraction of sp³-hybridized carbons (Fsp3) is 0.625. The van der Waals surface area contributed by atoms with Gasteiger partial charge in [-0.25, -0.2) is 0 Å². The van der Waals surface area contributed by atoms with Gasteiger partial charge in [0.15, 0.2) is 0 Å². The maximum absolute atomic E-state index is 6.36. The van der Waals surface area contributed by atoms with E-state index in [0.29, 0.717) is 22.1 Å². The predicted octanol–water partition coefficient (Wildman–Crippen LogP) is 2.76. The molecule has 1 aliphatic heterocycles. The van der Waals surface area contributed by atoms with Crippen LogP contribution >= 0.6 is 23.2 Å². The van der Waals surface area contributed by atoms with E-state index in [1.165, 1.54) is 0 Å². The number of halogens is 2. The maximum Gasteiger partial charge on any atom is 0.0624 e. The van der Waals surface area contributed by atoms with Crippen molar-refractivity contribution in [2.45, 2.75) is 25.4 Å². The van der Waals surface area contributed by atoms with Gasteiger partial charge in [-0.1, -0.05) is 42.3 Å². The summed E-state index contributed by atoms with van der Waals surface area (Å²) in [6, 6.07) is 6.75. The third-order valence-electron chi connectivity index (χ3n) is 4.30. The first-order chi connectivity index (χ1) is 10.0. The summed E-state index contributed by atoms with van der Waals surface area (Å²) in [7, 11) is 4.40. The second kappa shape index (κ2) is 7.80. The summed E-state index contributed by atoms with van der Waals surface area (Å²) < 4.78 is 0. The standard InChI is InChI=1S/C16H25Cl2N3/c1-4-19-14(15-11-20(2)8-9-21(15)3)10-12-6-5-7-13(17)16(12)18/h5-7,14-15,19H,4,8-11H2,1-3H3. The van der Waals surface area contributed by atoms with Crippen LogP contribution in [0.5, 0.6) is 0 Å².